The average Bonchev–Trinajstić information content (AvgIpc) is 3.58. The van der Waals surface area contributed by atoms with Crippen molar-refractivity contribution in [3.63, 3.8) is 0 Å². The normalized spacial score (nSPS) is 15.0. The van der Waals surface area contributed by atoms with E-state index >= 15 is 0 Å². The van der Waals surface area contributed by atoms with Crippen molar-refractivity contribution in [2.45, 2.75) is 38.8 Å². The van der Waals surface area contributed by atoms with Crippen LogP contribution in [0.5, 0.6) is 11.6 Å². The van der Waals surface area contributed by atoms with Gasteiger partial charge in [0.1, 0.15) is 17.4 Å². The Bertz CT molecular complexity index is 1370. The van der Waals surface area contributed by atoms with Gasteiger partial charge < -0.3 is 14.4 Å². The number of carbonyl (C=O) groups is 1. The fraction of sp³-hybridized carbons (Fsp3) is 0.267. The maximum atomic E-state index is 13.7. The third-order valence-corrected chi connectivity index (χ3v) is 6.56. The van der Waals surface area contributed by atoms with Gasteiger partial charge in [-0.05, 0) is 79.9 Å². The molecule has 6 nitrogen and oxygen atoms in total. The summed E-state index contributed by atoms with van der Waals surface area (Å²) in [5.41, 5.74) is 2.70. The van der Waals surface area contributed by atoms with E-state index in [1.165, 1.54) is 36.4 Å². The van der Waals surface area contributed by atoms with Crippen LogP contribution in [0.25, 0.3) is 5.69 Å². The van der Waals surface area contributed by atoms with Crippen molar-refractivity contribution in [2.24, 2.45) is 0 Å². The van der Waals surface area contributed by atoms with Gasteiger partial charge in [0.05, 0.1) is 29.6 Å². The molecule has 1 saturated heterocycles. The first-order chi connectivity index (χ1) is 18.5. The van der Waals surface area contributed by atoms with Crippen LogP contribution in [0.3, 0.4) is 0 Å². The SMILES string of the molecule is CCc1nn(-c2ccccc2)c(Oc2ccc(F)cc2)c1CN(CC1CCCO1)C(=O)c1ccc(F)cc1. The third kappa shape index (κ3) is 5.75. The Balaban J connectivity index is 1.56. The minimum atomic E-state index is -0.403. The van der Waals surface area contributed by atoms with Crippen LogP contribution in [0.1, 0.15) is 41.4 Å². The molecule has 1 amide bonds. The molecule has 8 heteroatoms. The van der Waals surface area contributed by atoms with Gasteiger partial charge in [0.25, 0.3) is 5.91 Å². The van der Waals surface area contributed by atoms with Crippen molar-refractivity contribution >= 4 is 5.91 Å². The van der Waals surface area contributed by atoms with E-state index in [9.17, 15) is 13.6 Å². The second kappa shape index (κ2) is 11.6. The van der Waals surface area contributed by atoms with Crippen molar-refractivity contribution in [1.82, 2.24) is 14.7 Å². The van der Waals surface area contributed by atoms with Crippen LogP contribution in [0.4, 0.5) is 8.78 Å². The highest BCUT2D eigenvalue weighted by molar-refractivity contribution is 5.94. The molecule has 0 bridgehead atoms. The zero-order valence-corrected chi connectivity index (χ0v) is 21.1. The molecule has 1 aromatic heterocycles. The molecule has 0 saturated carbocycles. The Kier molecular flexibility index (Phi) is 7.79. The summed E-state index contributed by atoms with van der Waals surface area (Å²) < 4.78 is 41.1. The smallest absolute Gasteiger partial charge is 0.254 e. The summed E-state index contributed by atoms with van der Waals surface area (Å²) in [6.07, 6.45) is 2.31. The predicted molar refractivity (Wildman–Crippen MR) is 140 cm³/mol. The average molecular weight is 518 g/mol. The molecule has 1 fully saturated rings. The molecule has 196 valence electrons. The van der Waals surface area contributed by atoms with Crippen LogP contribution in [-0.2, 0) is 17.7 Å². The van der Waals surface area contributed by atoms with E-state index in [1.54, 1.807) is 21.7 Å². The standard InChI is InChI=1S/C30H29F2N3O3/c1-2-28-27(20-34(19-26-9-6-18-37-26)29(36)21-10-12-22(31)13-11-21)30(38-25-16-14-23(32)15-17-25)35(33-28)24-7-4-3-5-8-24/h3-5,7-8,10-17,26H,2,6,9,18-20H2,1H3. The molecular formula is C30H29F2N3O3. The summed E-state index contributed by atoms with van der Waals surface area (Å²) in [5.74, 6) is -0.106. The van der Waals surface area contributed by atoms with Crippen LogP contribution < -0.4 is 4.74 Å². The minimum absolute atomic E-state index is 0.0879. The predicted octanol–water partition coefficient (Wildman–Crippen LogP) is 6.33. The van der Waals surface area contributed by atoms with Crippen molar-refractivity contribution in [1.29, 1.82) is 0 Å². The topological polar surface area (TPSA) is 56.6 Å². The van der Waals surface area contributed by atoms with Gasteiger partial charge in [-0.1, -0.05) is 25.1 Å². The van der Waals surface area contributed by atoms with Gasteiger partial charge in [0, 0.05) is 18.7 Å². The summed E-state index contributed by atoms with van der Waals surface area (Å²) in [4.78, 5) is 15.4. The van der Waals surface area contributed by atoms with Crippen LogP contribution >= 0.6 is 0 Å². The Labute approximate surface area is 220 Å². The van der Waals surface area contributed by atoms with Crippen molar-refractivity contribution in [2.75, 3.05) is 13.2 Å². The number of aromatic nitrogens is 2. The molecule has 1 unspecified atom stereocenters. The maximum absolute atomic E-state index is 13.7. The van der Waals surface area contributed by atoms with Gasteiger partial charge in [-0.15, -0.1) is 0 Å². The third-order valence-electron chi connectivity index (χ3n) is 6.56. The molecule has 2 heterocycles. The zero-order valence-electron chi connectivity index (χ0n) is 21.1. The molecule has 0 N–H and O–H groups in total. The lowest BCUT2D eigenvalue weighted by molar-refractivity contribution is 0.0505. The van der Waals surface area contributed by atoms with Gasteiger partial charge in [-0.3, -0.25) is 4.79 Å². The summed E-state index contributed by atoms with van der Waals surface area (Å²) in [6, 6.07) is 20.9. The van der Waals surface area contributed by atoms with Crippen molar-refractivity contribution in [3.05, 3.63) is 107 Å². The molecule has 4 aromatic rings. The van der Waals surface area contributed by atoms with Gasteiger partial charge >= 0.3 is 0 Å². The van der Waals surface area contributed by atoms with Crippen LogP contribution in [-0.4, -0.2) is 39.8 Å². The molecular weight excluding hydrogens is 488 g/mol. The van der Waals surface area contributed by atoms with Gasteiger partial charge in [0.2, 0.25) is 5.88 Å². The van der Waals surface area contributed by atoms with Gasteiger partial charge in [-0.25, -0.2) is 13.5 Å². The lowest BCUT2D eigenvalue weighted by Crippen LogP contribution is -2.37. The minimum Gasteiger partial charge on any atom is -0.439 e. The van der Waals surface area contributed by atoms with E-state index in [1.807, 2.05) is 37.3 Å². The molecule has 5 rings (SSSR count). The number of rotatable bonds is 9. The Morgan fingerprint density at radius 2 is 1.71 bits per heavy atom. The summed E-state index contributed by atoms with van der Waals surface area (Å²) >= 11 is 0. The second-order valence-electron chi connectivity index (χ2n) is 9.21. The highest BCUT2D eigenvalue weighted by Gasteiger charge is 2.28. The fourth-order valence-electron chi connectivity index (χ4n) is 4.60. The number of aryl methyl sites for hydroxylation is 1. The first-order valence-corrected chi connectivity index (χ1v) is 12.8. The van der Waals surface area contributed by atoms with Crippen LogP contribution in [0.2, 0.25) is 0 Å². The number of hydrogen-bond acceptors (Lipinski definition) is 4. The summed E-state index contributed by atoms with van der Waals surface area (Å²) in [5, 5.41) is 4.84. The number of para-hydroxylation sites is 1. The highest BCUT2D eigenvalue weighted by Crippen LogP contribution is 2.33. The monoisotopic (exact) mass is 517 g/mol. The Morgan fingerprint density at radius 3 is 2.34 bits per heavy atom. The number of halogens is 2. The first-order valence-electron chi connectivity index (χ1n) is 12.8. The highest BCUT2D eigenvalue weighted by atomic mass is 19.1. The lowest BCUT2D eigenvalue weighted by atomic mass is 10.1. The summed E-state index contributed by atoms with van der Waals surface area (Å²) in [7, 11) is 0. The molecule has 3 aromatic carbocycles. The van der Waals surface area contributed by atoms with E-state index in [4.69, 9.17) is 14.6 Å². The number of nitrogens with zero attached hydrogens (tertiary/aromatic N) is 3. The van der Waals surface area contributed by atoms with E-state index in [0.717, 1.165) is 29.8 Å². The second-order valence-corrected chi connectivity index (χ2v) is 9.21. The van der Waals surface area contributed by atoms with Crippen LogP contribution in [0, 0.1) is 11.6 Å². The van der Waals surface area contributed by atoms with Gasteiger partial charge in [-0.2, -0.15) is 5.10 Å². The van der Waals surface area contributed by atoms with E-state index in [2.05, 4.69) is 0 Å². The molecule has 38 heavy (non-hydrogen) atoms. The summed E-state index contributed by atoms with van der Waals surface area (Å²) in [6.45, 7) is 3.25. The molecule has 1 atom stereocenters. The first kappa shape index (κ1) is 25.6. The van der Waals surface area contributed by atoms with E-state index in [0.29, 0.717) is 36.8 Å². The molecule has 0 spiro atoms. The van der Waals surface area contributed by atoms with E-state index < -0.39 is 5.82 Å². The number of amides is 1. The molecule has 0 radical (unpaired) electrons. The van der Waals surface area contributed by atoms with Crippen LogP contribution in [0.15, 0.2) is 78.9 Å². The zero-order chi connectivity index (χ0) is 26.5. The Morgan fingerprint density at radius 1 is 1.03 bits per heavy atom. The number of ether oxygens (including phenoxy) is 2. The quantitative estimate of drug-likeness (QED) is 0.261. The maximum Gasteiger partial charge on any atom is 0.254 e. The number of benzene rings is 3. The Hall–Kier alpha value is -4.04. The lowest BCUT2D eigenvalue weighted by Gasteiger charge is -2.26. The molecule has 1 aliphatic rings. The van der Waals surface area contributed by atoms with Crippen molar-refractivity contribution in [3.8, 4) is 17.3 Å². The van der Waals surface area contributed by atoms with Crippen molar-refractivity contribution < 1.29 is 23.0 Å². The fourth-order valence-corrected chi connectivity index (χ4v) is 4.60. The number of carbonyl (C=O) groups excluding carboxylic acids is 1. The van der Waals surface area contributed by atoms with Gasteiger partial charge in [0.15, 0.2) is 0 Å². The largest absolute Gasteiger partial charge is 0.439 e. The number of hydrogen-bond donors (Lipinski definition) is 0. The molecule has 1 aliphatic heterocycles. The van der Waals surface area contributed by atoms with E-state index in [-0.39, 0.29) is 24.4 Å². The molecule has 0 aliphatic carbocycles.